The summed E-state index contributed by atoms with van der Waals surface area (Å²) in [6, 6.07) is 107. The third-order valence-electron chi connectivity index (χ3n) is 23.6. The van der Waals surface area contributed by atoms with Gasteiger partial charge in [0.25, 0.3) is 6.71 Å². The van der Waals surface area contributed by atoms with Crippen LogP contribution in [0.3, 0.4) is 0 Å². The normalized spacial score (nSPS) is 13.4. The lowest BCUT2D eigenvalue weighted by molar-refractivity contribution is 0.569. The number of nitrogens with zero attached hydrogens (tertiary/aromatic N) is 3. The summed E-state index contributed by atoms with van der Waals surface area (Å²) in [5.74, 6) is 0. The molecule has 2 aliphatic heterocycles. The van der Waals surface area contributed by atoms with Crippen LogP contribution in [0.25, 0.3) is 94.3 Å². The maximum absolute atomic E-state index is 2.76. The summed E-state index contributed by atoms with van der Waals surface area (Å²) in [7, 11) is 0. The minimum Gasteiger partial charge on any atom is -0.310 e. The molecular weight excluding hydrogens is 1330 g/mol. The highest BCUT2D eigenvalue weighted by molar-refractivity contribution is 7.00. The molecule has 0 spiro atoms. The Hall–Kier alpha value is -10.7. The van der Waals surface area contributed by atoms with Crippen LogP contribution in [-0.2, 0) is 37.9 Å². The van der Waals surface area contributed by atoms with Crippen molar-refractivity contribution in [1.29, 1.82) is 0 Å². The van der Waals surface area contributed by atoms with E-state index in [9.17, 15) is 0 Å². The van der Waals surface area contributed by atoms with E-state index in [0.717, 1.165) is 28.4 Å². The molecule has 0 saturated carbocycles. The van der Waals surface area contributed by atoms with Gasteiger partial charge in [0, 0.05) is 61.5 Å². The minimum absolute atomic E-state index is 0.0514. The van der Waals surface area contributed by atoms with Gasteiger partial charge in [-0.3, -0.25) is 0 Å². The van der Waals surface area contributed by atoms with Crippen molar-refractivity contribution in [1.82, 2.24) is 4.57 Å². The molecule has 3 nitrogen and oxygen atoms in total. The highest BCUT2D eigenvalue weighted by atomic mass is 15.2. The second-order valence-corrected chi connectivity index (χ2v) is 38.7. The first-order chi connectivity index (χ1) is 52.0. The van der Waals surface area contributed by atoms with Gasteiger partial charge in [0.2, 0.25) is 0 Å². The van der Waals surface area contributed by atoms with Gasteiger partial charge in [-0.15, -0.1) is 0 Å². The van der Waals surface area contributed by atoms with Crippen LogP contribution < -0.4 is 26.2 Å². The molecule has 0 aliphatic carbocycles. The lowest BCUT2D eigenvalue weighted by Crippen LogP contribution is -2.61. The van der Waals surface area contributed by atoms with E-state index >= 15 is 0 Å². The highest BCUT2D eigenvalue weighted by Gasteiger charge is 2.47. The topological polar surface area (TPSA) is 11.4 Å². The number of aromatic nitrogens is 1. The first-order valence-corrected chi connectivity index (χ1v) is 40.0. The Balaban J connectivity index is 1.11. The van der Waals surface area contributed by atoms with Crippen molar-refractivity contribution in [2.24, 2.45) is 0 Å². The molecule has 0 saturated heterocycles. The van der Waals surface area contributed by atoms with E-state index < -0.39 is 0 Å². The maximum Gasteiger partial charge on any atom is 0.252 e. The van der Waals surface area contributed by atoms with Crippen LogP contribution in [-0.4, -0.2) is 11.3 Å². The fourth-order valence-electron chi connectivity index (χ4n) is 17.4. The van der Waals surface area contributed by atoms with Crippen molar-refractivity contribution in [2.45, 2.75) is 183 Å². The Labute approximate surface area is 656 Å². The Morgan fingerprint density at radius 3 is 1.01 bits per heavy atom. The number of benzene rings is 13. The van der Waals surface area contributed by atoms with Crippen LogP contribution in [0.5, 0.6) is 0 Å². The number of anilines is 6. The van der Waals surface area contributed by atoms with Crippen LogP contribution in [0.15, 0.2) is 273 Å². The average molecular weight is 1430 g/mol. The van der Waals surface area contributed by atoms with Crippen molar-refractivity contribution in [3.05, 3.63) is 312 Å². The van der Waals surface area contributed by atoms with E-state index in [1.54, 1.807) is 0 Å². The lowest BCUT2D eigenvalue weighted by Gasteiger charge is -2.46. The van der Waals surface area contributed by atoms with Gasteiger partial charge in [-0.05, 0) is 186 Å². The molecule has 0 radical (unpaired) electrons. The summed E-state index contributed by atoms with van der Waals surface area (Å²) >= 11 is 0. The number of fused-ring (bicyclic) bond motifs is 7. The molecule has 0 amide bonds. The van der Waals surface area contributed by atoms with E-state index in [0.29, 0.717) is 0 Å². The van der Waals surface area contributed by atoms with E-state index in [1.807, 2.05) is 0 Å². The van der Waals surface area contributed by atoms with Crippen LogP contribution in [0.1, 0.15) is 184 Å². The van der Waals surface area contributed by atoms with Gasteiger partial charge >= 0.3 is 0 Å². The van der Waals surface area contributed by atoms with Crippen molar-refractivity contribution < 1.29 is 0 Å². The molecule has 16 rings (SSSR count). The molecule has 13 aromatic carbocycles. The Bertz CT molecular complexity index is 5800. The molecule has 550 valence electrons. The molecule has 0 unspecified atom stereocenters. The molecule has 1 aromatic heterocycles. The van der Waals surface area contributed by atoms with Gasteiger partial charge in [-0.1, -0.05) is 370 Å². The molecule has 3 heterocycles. The van der Waals surface area contributed by atoms with Crippen LogP contribution in [0.4, 0.5) is 34.1 Å². The van der Waals surface area contributed by atoms with Gasteiger partial charge in [0.05, 0.1) is 22.4 Å². The molecule has 14 aromatic rings. The molecule has 0 N–H and O–H groups in total. The molecule has 110 heavy (non-hydrogen) atoms. The summed E-state index contributed by atoms with van der Waals surface area (Å²) in [4.78, 5) is 5.51. The van der Waals surface area contributed by atoms with Crippen LogP contribution >= 0.6 is 0 Å². The van der Waals surface area contributed by atoms with Crippen molar-refractivity contribution in [3.8, 4) is 72.4 Å². The van der Waals surface area contributed by atoms with Crippen molar-refractivity contribution >= 4 is 79.0 Å². The van der Waals surface area contributed by atoms with Crippen molar-refractivity contribution in [2.75, 3.05) is 9.80 Å². The monoisotopic (exact) mass is 1430 g/mol. The van der Waals surface area contributed by atoms with E-state index in [-0.39, 0.29) is 44.6 Å². The molecule has 2 aliphatic rings. The van der Waals surface area contributed by atoms with E-state index in [4.69, 9.17) is 0 Å². The second kappa shape index (κ2) is 26.5. The van der Waals surface area contributed by atoms with Gasteiger partial charge < -0.3 is 14.4 Å². The van der Waals surface area contributed by atoms with E-state index in [2.05, 4.69) is 433 Å². The summed E-state index contributed by atoms with van der Waals surface area (Å²) in [6.45, 7) is 49.3. The Morgan fingerprint density at radius 2 is 0.591 bits per heavy atom. The fraction of sp³-hybridized carbons (Fsp3) is 0.264. The summed E-state index contributed by atoms with van der Waals surface area (Å²) in [5, 5.41) is 2.46. The fourth-order valence-corrected chi connectivity index (χ4v) is 17.4. The quantitative estimate of drug-likeness (QED) is 0.133. The van der Waals surface area contributed by atoms with Crippen LogP contribution in [0, 0.1) is 0 Å². The Morgan fingerprint density at radius 1 is 0.236 bits per heavy atom. The molecular formula is C106H108BN3. The zero-order valence-electron chi connectivity index (χ0n) is 68.9. The minimum atomic E-state index is -0.318. The Kier molecular flexibility index (Phi) is 17.7. The van der Waals surface area contributed by atoms with Crippen molar-refractivity contribution in [3.63, 3.8) is 0 Å². The predicted octanol–water partition coefficient (Wildman–Crippen LogP) is 28.0. The largest absolute Gasteiger partial charge is 0.310 e. The molecule has 0 atom stereocenters. The summed E-state index contributed by atoms with van der Waals surface area (Å²) in [6.07, 6.45) is 0. The smallest absolute Gasteiger partial charge is 0.252 e. The zero-order valence-corrected chi connectivity index (χ0v) is 68.9. The molecule has 4 heteroatoms. The second-order valence-electron chi connectivity index (χ2n) is 38.7. The number of rotatable bonds is 9. The van der Waals surface area contributed by atoms with Crippen LogP contribution in [0.2, 0.25) is 0 Å². The predicted molar refractivity (Wildman–Crippen MR) is 478 cm³/mol. The third kappa shape index (κ3) is 13.0. The first-order valence-electron chi connectivity index (χ1n) is 40.0. The lowest BCUT2D eigenvalue weighted by atomic mass is 9.33. The number of hydrogen-bond acceptors (Lipinski definition) is 2. The summed E-state index contributed by atoms with van der Waals surface area (Å²) < 4.78 is 2.46. The zero-order chi connectivity index (χ0) is 77.7. The summed E-state index contributed by atoms with van der Waals surface area (Å²) in [5.41, 5.74) is 36.6. The maximum atomic E-state index is 2.76. The van der Waals surface area contributed by atoms with Gasteiger partial charge in [0.1, 0.15) is 0 Å². The molecule has 0 fully saturated rings. The average Bonchev–Trinajstić information content (AvgIpc) is 0.785. The molecule has 0 bridgehead atoms. The van der Waals surface area contributed by atoms with Gasteiger partial charge in [0.15, 0.2) is 0 Å². The number of hydrogen-bond donors (Lipinski definition) is 0. The first kappa shape index (κ1) is 73.5. The van der Waals surface area contributed by atoms with Gasteiger partial charge in [-0.25, -0.2) is 0 Å². The SMILES string of the molecule is CC(C)(C)c1cccc(-c2cccc(-c3cccc(C(C)(C)C)c3)c2N2c3ccc(-c4ccc(C(C)(C)C)cc4C(C)(C)C)cc3B3c4cc(-c5cccc6c5c5ccccc5n6-c5ccccc5)ccc4N(c4c(-c5cccc(C(C)(C)C)c5)cccc4-c4cccc(C(C)(C)C)c4)c4cc(C(C)(C)C)cc2c43)c1. The highest BCUT2D eigenvalue weighted by Crippen LogP contribution is 2.56. The van der Waals surface area contributed by atoms with E-state index in [1.165, 1.54) is 155 Å². The number of para-hydroxylation sites is 4. The third-order valence-corrected chi connectivity index (χ3v) is 23.6. The standard InChI is InChI=1S/C106H108BN3/c1-100(2,3)73-38-27-34-67(58-73)82-46-31-47-83(68-35-28-39-74(59-68)101(4,5)6)98(82)109-91-56-52-71(80-55-54-77(104(13,14)15)64-87(80)106(19,20)21)62-88(91)107-89-63-72(81-45-33-51-93-96(81)86-44-25-26-50-90(86)108(93)79-42-23-22-24-43-79)53-57-92(89)110(95-66-78(105(16,17)18)65-94(109)97(95)107)99-84(69-36-29-40-75(60-69)102(7,8)9)48-32-49-85(99)70-37-30-41-76(61-70)103(10,11)12/h22-66H,1-21H3. The van der Waals surface area contributed by atoms with Gasteiger partial charge in [-0.2, -0.15) is 0 Å².